The molecule has 1 atom stereocenters. The summed E-state index contributed by atoms with van der Waals surface area (Å²) in [6.07, 6.45) is 0.751. The van der Waals surface area contributed by atoms with Gasteiger partial charge in [-0.25, -0.2) is 0 Å². The molecule has 0 spiro atoms. The molecule has 70 valence electrons. The van der Waals surface area contributed by atoms with Gasteiger partial charge in [-0.15, -0.1) is 23.4 Å². The molecule has 1 unspecified atom stereocenters. The molecule has 0 aromatic rings. The summed E-state index contributed by atoms with van der Waals surface area (Å²) in [6, 6.07) is 0. The van der Waals surface area contributed by atoms with E-state index in [9.17, 15) is 0 Å². The van der Waals surface area contributed by atoms with Crippen molar-refractivity contribution >= 4 is 28.4 Å². The van der Waals surface area contributed by atoms with Crippen LogP contribution in [0.3, 0.4) is 0 Å². The fourth-order valence-corrected chi connectivity index (χ4v) is 1.83. The summed E-state index contributed by atoms with van der Waals surface area (Å²) < 4.78 is 0. The highest BCUT2D eigenvalue weighted by atomic mass is 35.5. The molecule has 0 aliphatic carbocycles. The molecule has 0 radical (unpaired) electrons. The monoisotopic (exact) mass is 209 g/mol. The van der Waals surface area contributed by atoms with Crippen LogP contribution < -0.4 is 0 Å². The minimum absolute atomic E-state index is 0.168. The average molecular weight is 210 g/mol. The molecule has 0 saturated carbocycles. The van der Waals surface area contributed by atoms with Crippen LogP contribution in [-0.4, -0.2) is 34.0 Å². The van der Waals surface area contributed by atoms with E-state index in [0.29, 0.717) is 11.6 Å². The van der Waals surface area contributed by atoms with Crippen LogP contribution in [0.4, 0.5) is 0 Å². The second-order valence-corrected chi connectivity index (χ2v) is 4.34. The van der Waals surface area contributed by atoms with Crippen molar-refractivity contribution in [2.24, 2.45) is 5.16 Å². The zero-order chi connectivity index (χ0) is 9.03. The Morgan fingerprint density at radius 1 is 1.83 bits per heavy atom. The molecule has 0 aromatic heterocycles. The van der Waals surface area contributed by atoms with Crippen LogP contribution in [0.2, 0.25) is 0 Å². The third-order valence-electron chi connectivity index (χ3n) is 1.54. The predicted octanol–water partition coefficient (Wildman–Crippen LogP) is 1.44. The van der Waals surface area contributed by atoms with Crippen LogP contribution >= 0.6 is 23.4 Å². The Labute approximate surface area is 81.1 Å². The van der Waals surface area contributed by atoms with Crippen molar-refractivity contribution in [3.05, 3.63) is 0 Å². The Hall–Kier alpha value is 0.0700. The van der Waals surface area contributed by atoms with Gasteiger partial charge in [0.05, 0.1) is 12.5 Å². The molecule has 12 heavy (non-hydrogen) atoms. The molecule has 1 N–H and O–H groups in total. The summed E-state index contributed by atoms with van der Waals surface area (Å²) in [5.41, 5.74) is -0.334. The molecule has 1 aliphatic rings. The number of thioether (sulfide) groups is 1. The Morgan fingerprint density at radius 2 is 2.58 bits per heavy atom. The number of aliphatic hydroxyl groups is 1. The average Bonchev–Trinajstić information content (AvgIpc) is 2.45. The van der Waals surface area contributed by atoms with Gasteiger partial charge >= 0.3 is 0 Å². The Balaban J connectivity index is 2.32. The molecular formula is C7H12ClNO2S. The van der Waals surface area contributed by atoms with Gasteiger partial charge in [0, 0.05) is 12.2 Å². The molecule has 3 nitrogen and oxygen atoms in total. The summed E-state index contributed by atoms with van der Waals surface area (Å²) in [7, 11) is 0. The highest BCUT2D eigenvalue weighted by molar-refractivity contribution is 8.13. The van der Waals surface area contributed by atoms with Gasteiger partial charge in [-0.2, -0.15) is 0 Å². The van der Waals surface area contributed by atoms with E-state index in [2.05, 4.69) is 5.16 Å². The number of alkyl halides is 1. The standard InChI is InChI=1S/C7H12ClNO2S/c1-7(5-8)4-6(9-11-7)12-3-2-10/h10H,2-5H2,1H3. The van der Waals surface area contributed by atoms with Crippen LogP contribution in [0.25, 0.3) is 0 Å². The van der Waals surface area contributed by atoms with Crippen molar-refractivity contribution < 1.29 is 9.94 Å². The van der Waals surface area contributed by atoms with E-state index in [0.717, 1.165) is 11.5 Å². The summed E-state index contributed by atoms with van der Waals surface area (Å²) in [5.74, 6) is 1.11. The number of rotatable bonds is 3. The molecule has 0 bridgehead atoms. The SMILES string of the molecule is CC1(CCl)CC(SCCO)=NO1. The summed E-state index contributed by atoms with van der Waals surface area (Å²) in [6.45, 7) is 2.09. The lowest BCUT2D eigenvalue weighted by Crippen LogP contribution is -2.26. The number of hydrogen-bond acceptors (Lipinski definition) is 4. The normalized spacial score (nSPS) is 28.4. The zero-order valence-electron chi connectivity index (χ0n) is 6.92. The van der Waals surface area contributed by atoms with Crippen molar-refractivity contribution in [1.82, 2.24) is 0 Å². The van der Waals surface area contributed by atoms with E-state index in [1.54, 1.807) is 0 Å². The maximum Gasteiger partial charge on any atom is 0.154 e. The number of halogens is 1. The molecule has 0 fully saturated rings. The fraction of sp³-hybridized carbons (Fsp3) is 0.857. The van der Waals surface area contributed by atoms with Gasteiger partial charge in [0.1, 0.15) is 5.04 Å². The largest absolute Gasteiger partial charge is 0.396 e. The van der Waals surface area contributed by atoms with Crippen LogP contribution in [0.1, 0.15) is 13.3 Å². The van der Waals surface area contributed by atoms with Crippen molar-refractivity contribution in [1.29, 1.82) is 0 Å². The Bertz CT molecular complexity index is 188. The Morgan fingerprint density at radius 3 is 3.08 bits per heavy atom. The topological polar surface area (TPSA) is 41.8 Å². The third-order valence-corrected chi connectivity index (χ3v) is 3.04. The number of aliphatic hydroxyl groups excluding tert-OH is 1. The second-order valence-electron chi connectivity index (χ2n) is 2.91. The fourth-order valence-electron chi connectivity index (χ4n) is 0.858. The van der Waals surface area contributed by atoms with Crippen molar-refractivity contribution in [3.8, 4) is 0 Å². The van der Waals surface area contributed by atoms with Gasteiger partial charge < -0.3 is 9.94 Å². The predicted molar refractivity (Wildman–Crippen MR) is 51.8 cm³/mol. The summed E-state index contributed by atoms with van der Waals surface area (Å²) in [4.78, 5) is 5.15. The molecule has 5 heteroatoms. The first-order valence-corrected chi connectivity index (χ1v) is 5.27. The first-order chi connectivity index (χ1) is 5.70. The zero-order valence-corrected chi connectivity index (χ0v) is 8.49. The maximum absolute atomic E-state index is 8.57. The lowest BCUT2D eigenvalue weighted by Gasteiger charge is -2.16. The van der Waals surface area contributed by atoms with E-state index in [1.165, 1.54) is 11.8 Å². The van der Waals surface area contributed by atoms with E-state index < -0.39 is 0 Å². The van der Waals surface area contributed by atoms with E-state index in [-0.39, 0.29) is 12.2 Å². The lowest BCUT2D eigenvalue weighted by molar-refractivity contribution is 0.0152. The highest BCUT2D eigenvalue weighted by Gasteiger charge is 2.33. The van der Waals surface area contributed by atoms with Crippen LogP contribution in [0, 0.1) is 0 Å². The van der Waals surface area contributed by atoms with Gasteiger partial charge in [-0.3, -0.25) is 0 Å². The van der Waals surface area contributed by atoms with Gasteiger partial charge in [0.15, 0.2) is 5.60 Å². The summed E-state index contributed by atoms with van der Waals surface area (Å²) in [5, 5.41) is 13.4. The van der Waals surface area contributed by atoms with Gasteiger partial charge in [-0.1, -0.05) is 5.16 Å². The minimum Gasteiger partial charge on any atom is -0.396 e. The molecule has 0 aromatic carbocycles. The Kier molecular flexibility index (Phi) is 3.68. The quantitative estimate of drug-likeness (QED) is 0.716. The molecule has 1 aliphatic heterocycles. The molecular weight excluding hydrogens is 198 g/mol. The third kappa shape index (κ3) is 2.54. The highest BCUT2D eigenvalue weighted by Crippen LogP contribution is 2.28. The van der Waals surface area contributed by atoms with Crippen LogP contribution in [-0.2, 0) is 4.84 Å². The number of hydrogen-bond donors (Lipinski definition) is 1. The van der Waals surface area contributed by atoms with E-state index >= 15 is 0 Å². The van der Waals surface area contributed by atoms with Gasteiger partial charge in [0.25, 0.3) is 0 Å². The van der Waals surface area contributed by atoms with Gasteiger partial charge in [0.2, 0.25) is 0 Å². The van der Waals surface area contributed by atoms with E-state index in [4.69, 9.17) is 21.5 Å². The summed E-state index contributed by atoms with van der Waals surface area (Å²) >= 11 is 7.21. The molecule has 1 heterocycles. The molecule has 1 rings (SSSR count). The lowest BCUT2D eigenvalue weighted by atomic mass is 10.1. The molecule has 0 amide bonds. The van der Waals surface area contributed by atoms with Crippen LogP contribution in [0.15, 0.2) is 5.16 Å². The molecule has 0 saturated heterocycles. The smallest absolute Gasteiger partial charge is 0.154 e. The second kappa shape index (κ2) is 4.35. The van der Waals surface area contributed by atoms with Gasteiger partial charge in [-0.05, 0) is 6.92 Å². The van der Waals surface area contributed by atoms with Crippen molar-refractivity contribution in [3.63, 3.8) is 0 Å². The first kappa shape index (κ1) is 10.2. The first-order valence-electron chi connectivity index (χ1n) is 3.75. The van der Waals surface area contributed by atoms with Crippen LogP contribution in [0.5, 0.6) is 0 Å². The number of nitrogens with zero attached hydrogens (tertiary/aromatic N) is 1. The van der Waals surface area contributed by atoms with Crippen molar-refractivity contribution in [2.45, 2.75) is 18.9 Å². The maximum atomic E-state index is 8.57. The number of oxime groups is 1. The minimum atomic E-state index is -0.334. The van der Waals surface area contributed by atoms with Crippen molar-refractivity contribution in [2.75, 3.05) is 18.2 Å². The van der Waals surface area contributed by atoms with E-state index in [1.807, 2.05) is 6.92 Å².